The molecule has 4 rings (SSSR count). The number of hydrogen-bond acceptors (Lipinski definition) is 6. The molecule has 2 aromatic carbocycles. The number of halogens is 5. The highest BCUT2D eigenvalue weighted by molar-refractivity contribution is 6.31. The van der Waals surface area contributed by atoms with Crippen LogP contribution in [0.3, 0.4) is 0 Å². The second-order valence-electron chi connectivity index (χ2n) is 7.73. The molecule has 2 heterocycles. The third-order valence-electron chi connectivity index (χ3n) is 5.04. The molecule has 0 unspecified atom stereocenters. The first-order valence-electron chi connectivity index (χ1n) is 10.4. The summed E-state index contributed by atoms with van der Waals surface area (Å²) in [6, 6.07) is 12.5. The average Bonchev–Trinajstić information content (AvgIpc) is 3.36. The summed E-state index contributed by atoms with van der Waals surface area (Å²) in [4.78, 5) is 29.0. The maximum atomic E-state index is 13.0. The molecule has 0 bridgehead atoms. The van der Waals surface area contributed by atoms with Crippen LogP contribution in [0, 0.1) is 0 Å². The fraction of sp³-hybridized carbons (Fsp3) is 0.227. The quantitative estimate of drug-likeness (QED) is 0.381. The molecule has 1 atom stereocenters. The Kier molecular flexibility index (Phi) is 7.03. The van der Waals surface area contributed by atoms with E-state index in [0.29, 0.717) is 20.3 Å². The SMILES string of the molecule is C[C@@H](O)c1nc(Cn2nc(-c3ccc(Cl)cc3)n(CC(=O)C(F)(F)F)c2=O)nn1-c1cccc(Cl)c1. The molecular weight excluding hydrogens is 524 g/mol. The highest BCUT2D eigenvalue weighted by Crippen LogP contribution is 2.23. The van der Waals surface area contributed by atoms with Crippen molar-refractivity contribution in [1.82, 2.24) is 29.1 Å². The average molecular weight is 541 g/mol. The monoisotopic (exact) mass is 540 g/mol. The molecule has 1 N–H and O–H groups in total. The van der Waals surface area contributed by atoms with Crippen molar-refractivity contribution < 1.29 is 23.1 Å². The van der Waals surface area contributed by atoms with Crippen LogP contribution in [0.25, 0.3) is 17.1 Å². The number of hydrogen-bond donors (Lipinski definition) is 1. The largest absolute Gasteiger partial charge is 0.451 e. The van der Waals surface area contributed by atoms with Crippen molar-refractivity contribution in [1.29, 1.82) is 0 Å². The van der Waals surface area contributed by atoms with E-state index in [-0.39, 0.29) is 29.6 Å². The predicted molar refractivity (Wildman–Crippen MR) is 124 cm³/mol. The Hall–Kier alpha value is -3.48. The maximum absolute atomic E-state index is 13.0. The van der Waals surface area contributed by atoms with Crippen molar-refractivity contribution in [2.75, 3.05) is 0 Å². The van der Waals surface area contributed by atoms with Crippen molar-refractivity contribution in [3.8, 4) is 17.1 Å². The van der Waals surface area contributed by atoms with Crippen LogP contribution in [-0.2, 0) is 17.9 Å². The van der Waals surface area contributed by atoms with Gasteiger partial charge in [-0.3, -0.25) is 9.36 Å². The maximum Gasteiger partial charge on any atom is 0.451 e. The van der Waals surface area contributed by atoms with Gasteiger partial charge in [-0.2, -0.15) is 13.2 Å². The van der Waals surface area contributed by atoms with Crippen LogP contribution in [0.4, 0.5) is 13.2 Å². The molecule has 0 aliphatic heterocycles. The molecule has 9 nitrogen and oxygen atoms in total. The molecule has 2 aromatic heterocycles. The molecule has 0 aliphatic rings. The van der Waals surface area contributed by atoms with E-state index in [4.69, 9.17) is 23.2 Å². The molecule has 36 heavy (non-hydrogen) atoms. The van der Waals surface area contributed by atoms with Crippen LogP contribution in [0.5, 0.6) is 0 Å². The van der Waals surface area contributed by atoms with Crippen molar-refractivity contribution >= 4 is 29.0 Å². The van der Waals surface area contributed by atoms with E-state index in [9.17, 15) is 27.9 Å². The second kappa shape index (κ2) is 9.88. The molecular formula is C22H17Cl2F3N6O3. The summed E-state index contributed by atoms with van der Waals surface area (Å²) in [6.45, 7) is -0.138. The summed E-state index contributed by atoms with van der Waals surface area (Å²) in [5.74, 6) is -2.09. The lowest BCUT2D eigenvalue weighted by molar-refractivity contribution is -0.171. The fourth-order valence-corrected chi connectivity index (χ4v) is 3.68. The molecule has 0 spiro atoms. The number of benzene rings is 2. The zero-order valence-electron chi connectivity index (χ0n) is 18.4. The molecule has 0 aliphatic carbocycles. The van der Waals surface area contributed by atoms with E-state index >= 15 is 0 Å². The van der Waals surface area contributed by atoms with Gasteiger partial charge < -0.3 is 5.11 Å². The summed E-state index contributed by atoms with van der Waals surface area (Å²) in [7, 11) is 0. The topological polar surface area (TPSA) is 108 Å². The summed E-state index contributed by atoms with van der Waals surface area (Å²) in [5.41, 5.74) is -0.213. The number of nitrogens with zero attached hydrogens (tertiary/aromatic N) is 6. The number of carbonyl (C=O) groups excluding carboxylic acids is 1. The van der Waals surface area contributed by atoms with Crippen LogP contribution in [0.2, 0.25) is 10.0 Å². The van der Waals surface area contributed by atoms with E-state index in [1.54, 1.807) is 24.3 Å². The highest BCUT2D eigenvalue weighted by atomic mass is 35.5. The van der Waals surface area contributed by atoms with Gasteiger partial charge in [0.25, 0.3) is 5.78 Å². The summed E-state index contributed by atoms with van der Waals surface area (Å²) in [6.07, 6.45) is -6.18. The first kappa shape index (κ1) is 25.6. The van der Waals surface area contributed by atoms with Gasteiger partial charge >= 0.3 is 11.9 Å². The number of aliphatic hydroxyl groups is 1. The van der Waals surface area contributed by atoms with Crippen LogP contribution in [0.15, 0.2) is 53.3 Å². The Morgan fingerprint density at radius 1 is 1.08 bits per heavy atom. The lowest BCUT2D eigenvalue weighted by Gasteiger charge is -2.07. The Balaban J connectivity index is 1.77. The Labute approximate surface area is 211 Å². The van der Waals surface area contributed by atoms with E-state index in [1.165, 1.54) is 35.9 Å². The molecule has 188 valence electrons. The van der Waals surface area contributed by atoms with E-state index < -0.39 is 30.3 Å². The van der Waals surface area contributed by atoms with E-state index in [2.05, 4.69) is 15.2 Å². The first-order chi connectivity index (χ1) is 16.9. The van der Waals surface area contributed by atoms with Gasteiger partial charge in [0.2, 0.25) is 0 Å². The first-order valence-corrected chi connectivity index (χ1v) is 11.1. The molecule has 4 aromatic rings. The van der Waals surface area contributed by atoms with Gasteiger partial charge in [0, 0.05) is 15.6 Å². The Bertz CT molecular complexity index is 1480. The fourth-order valence-electron chi connectivity index (χ4n) is 3.37. The lowest BCUT2D eigenvalue weighted by atomic mass is 10.2. The van der Waals surface area contributed by atoms with Gasteiger partial charge in [-0.25, -0.2) is 19.1 Å². The predicted octanol–water partition coefficient (Wildman–Crippen LogP) is 3.83. The minimum atomic E-state index is -5.14. The molecule has 14 heteroatoms. The van der Waals surface area contributed by atoms with Crippen molar-refractivity contribution in [3.63, 3.8) is 0 Å². The van der Waals surface area contributed by atoms with E-state index in [1.807, 2.05) is 0 Å². The molecule has 0 amide bonds. The summed E-state index contributed by atoms with van der Waals surface area (Å²) < 4.78 is 41.7. The Morgan fingerprint density at radius 3 is 2.39 bits per heavy atom. The molecule has 0 fully saturated rings. The zero-order valence-corrected chi connectivity index (χ0v) is 20.0. The number of alkyl halides is 3. The van der Waals surface area contributed by atoms with Gasteiger partial charge in [0.05, 0.1) is 12.2 Å². The summed E-state index contributed by atoms with van der Waals surface area (Å²) >= 11 is 11.9. The lowest BCUT2D eigenvalue weighted by Crippen LogP contribution is -2.33. The van der Waals surface area contributed by atoms with Gasteiger partial charge in [-0.15, -0.1) is 10.2 Å². The van der Waals surface area contributed by atoms with Gasteiger partial charge in [0.15, 0.2) is 17.5 Å². The third kappa shape index (κ3) is 5.35. The van der Waals surface area contributed by atoms with Crippen molar-refractivity contribution in [2.24, 2.45) is 0 Å². The number of Topliss-reactive ketones (excluding diaryl/α,β-unsaturated/α-hetero) is 1. The van der Waals surface area contributed by atoms with Crippen molar-refractivity contribution in [2.45, 2.75) is 32.3 Å². The zero-order chi connectivity index (χ0) is 26.2. The number of rotatable bonds is 7. The second-order valence-corrected chi connectivity index (χ2v) is 8.60. The van der Waals surface area contributed by atoms with Gasteiger partial charge in [-0.05, 0) is 49.4 Å². The van der Waals surface area contributed by atoms with Gasteiger partial charge in [0.1, 0.15) is 12.6 Å². The number of aromatic nitrogens is 6. The normalized spacial score (nSPS) is 12.6. The summed E-state index contributed by atoms with van der Waals surface area (Å²) in [5, 5.41) is 19.4. The molecule has 0 radical (unpaired) electrons. The highest BCUT2D eigenvalue weighted by Gasteiger charge is 2.39. The van der Waals surface area contributed by atoms with Crippen LogP contribution in [0.1, 0.15) is 24.7 Å². The van der Waals surface area contributed by atoms with Crippen LogP contribution < -0.4 is 5.69 Å². The van der Waals surface area contributed by atoms with E-state index in [0.717, 1.165) is 4.68 Å². The third-order valence-corrected chi connectivity index (χ3v) is 5.52. The van der Waals surface area contributed by atoms with Crippen LogP contribution in [-0.4, -0.2) is 46.2 Å². The minimum absolute atomic E-state index is 0.0439. The molecule has 0 saturated heterocycles. The number of aliphatic hydroxyl groups excluding tert-OH is 1. The number of ketones is 1. The van der Waals surface area contributed by atoms with Crippen molar-refractivity contribution in [3.05, 3.63) is 80.7 Å². The van der Waals surface area contributed by atoms with Gasteiger partial charge in [-0.1, -0.05) is 29.3 Å². The smallest absolute Gasteiger partial charge is 0.385 e. The standard InChI is InChI=1S/C22H17Cl2F3N6O3/c1-12(34)19-28-18(29-33(19)16-4-2-3-15(24)9-16)11-32-21(36)31(10-17(35)22(25,26)27)20(30-32)13-5-7-14(23)8-6-13/h2-9,12,34H,10-11H2,1H3/t12-/m1/s1. The Morgan fingerprint density at radius 2 is 1.78 bits per heavy atom. The number of carbonyl (C=O) groups is 1. The van der Waals surface area contributed by atoms with Crippen LogP contribution >= 0.6 is 23.2 Å². The molecule has 0 saturated carbocycles. The minimum Gasteiger partial charge on any atom is -0.385 e.